The largest absolute Gasteiger partial charge is 0.453 e. The highest BCUT2D eigenvalue weighted by Crippen LogP contribution is 2.26. The maximum absolute atomic E-state index is 6.06. The lowest BCUT2D eigenvalue weighted by Gasteiger charge is -2.17. The lowest BCUT2D eigenvalue weighted by Crippen LogP contribution is -2.25. The molecule has 0 amide bonds. The van der Waals surface area contributed by atoms with E-state index < -0.39 is 0 Å². The number of nitrogens with one attached hydrogen (secondary N) is 1. The molecule has 18 heavy (non-hydrogen) atoms. The molecule has 2 rings (SSSR count). The molecule has 2 aromatic rings. The number of furan rings is 1. The molecule has 0 aliphatic carbocycles. The first kappa shape index (κ1) is 13.2. The van der Waals surface area contributed by atoms with Crippen molar-refractivity contribution >= 4 is 11.6 Å². The minimum absolute atomic E-state index is 0.136. The lowest BCUT2D eigenvalue weighted by atomic mass is 10.1. The van der Waals surface area contributed by atoms with E-state index in [9.17, 15) is 0 Å². The molecule has 0 aromatic carbocycles. The van der Waals surface area contributed by atoms with Crippen LogP contribution in [0.3, 0.4) is 0 Å². The van der Waals surface area contributed by atoms with Crippen LogP contribution in [0.25, 0.3) is 0 Å². The highest BCUT2D eigenvalue weighted by atomic mass is 35.5. The monoisotopic (exact) mass is 267 g/mol. The Kier molecular flexibility index (Phi) is 4.44. The van der Waals surface area contributed by atoms with E-state index in [0.717, 1.165) is 30.8 Å². The number of halogens is 1. The average Bonchev–Trinajstić information content (AvgIpc) is 2.94. The van der Waals surface area contributed by atoms with Crippen molar-refractivity contribution in [1.82, 2.24) is 14.9 Å². The maximum atomic E-state index is 6.06. The third kappa shape index (κ3) is 2.94. The van der Waals surface area contributed by atoms with Gasteiger partial charge in [-0.25, -0.2) is 4.98 Å². The van der Waals surface area contributed by atoms with Crippen LogP contribution in [-0.2, 0) is 13.5 Å². The van der Waals surface area contributed by atoms with Gasteiger partial charge in [0.15, 0.2) is 5.22 Å². The van der Waals surface area contributed by atoms with Gasteiger partial charge in [-0.3, -0.25) is 0 Å². The highest BCUT2D eigenvalue weighted by Gasteiger charge is 2.18. The Hall–Kier alpha value is -1.26. The van der Waals surface area contributed by atoms with Gasteiger partial charge in [-0.2, -0.15) is 0 Å². The number of imidazole rings is 1. The predicted octanol–water partition coefficient (Wildman–Crippen LogP) is 2.95. The number of hydrogen-bond donors (Lipinski definition) is 1. The van der Waals surface area contributed by atoms with Gasteiger partial charge >= 0.3 is 0 Å². The molecule has 2 aromatic heterocycles. The predicted molar refractivity (Wildman–Crippen MR) is 71.7 cm³/mol. The van der Waals surface area contributed by atoms with E-state index in [-0.39, 0.29) is 6.04 Å². The summed E-state index contributed by atoms with van der Waals surface area (Å²) in [5.74, 6) is 1.03. The van der Waals surface area contributed by atoms with E-state index in [1.54, 1.807) is 6.26 Å². The molecule has 0 radical (unpaired) electrons. The average molecular weight is 268 g/mol. The zero-order valence-electron chi connectivity index (χ0n) is 10.7. The van der Waals surface area contributed by atoms with Gasteiger partial charge in [0.2, 0.25) is 0 Å². The highest BCUT2D eigenvalue weighted by molar-refractivity contribution is 6.29. The Morgan fingerprint density at radius 3 is 2.94 bits per heavy atom. The molecular formula is C13H18ClN3O. The molecule has 1 unspecified atom stereocenters. The van der Waals surface area contributed by atoms with Gasteiger partial charge in [-0.05, 0) is 30.6 Å². The standard InChI is InChI=1S/C13H18ClN3O/c1-3-5-15-11(10-4-8-18-13(10)14)9-12-16-6-7-17(12)2/h4,6-8,11,15H,3,5,9H2,1-2H3. The van der Waals surface area contributed by atoms with Crippen molar-refractivity contribution in [1.29, 1.82) is 0 Å². The van der Waals surface area contributed by atoms with Crippen LogP contribution in [0.5, 0.6) is 0 Å². The first-order valence-corrected chi connectivity index (χ1v) is 6.52. The van der Waals surface area contributed by atoms with Gasteiger partial charge in [-0.1, -0.05) is 6.92 Å². The normalized spacial score (nSPS) is 12.8. The molecule has 2 heterocycles. The topological polar surface area (TPSA) is 43.0 Å². The molecule has 0 saturated heterocycles. The molecule has 98 valence electrons. The lowest BCUT2D eigenvalue weighted by molar-refractivity contribution is 0.500. The second-order valence-corrected chi connectivity index (χ2v) is 4.66. The van der Waals surface area contributed by atoms with Gasteiger partial charge in [0, 0.05) is 37.5 Å². The Morgan fingerprint density at radius 1 is 1.56 bits per heavy atom. The number of aryl methyl sites for hydroxylation is 1. The molecule has 1 atom stereocenters. The van der Waals surface area contributed by atoms with Crippen LogP contribution in [0.1, 0.15) is 30.8 Å². The van der Waals surface area contributed by atoms with Gasteiger partial charge < -0.3 is 14.3 Å². The Labute approximate surface area is 112 Å². The summed E-state index contributed by atoms with van der Waals surface area (Å²) in [7, 11) is 2.00. The quantitative estimate of drug-likeness (QED) is 0.875. The molecule has 1 N–H and O–H groups in total. The van der Waals surface area contributed by atoms with Crippen LogP contribution >= 0.6 is 11.6 Å². The van der Waals surface area contributed by atoms with Crippen molar-refractivity contribution < 1.29 is 4.42 Å². The van der Waals surface area contributed by atoms with Crippen molar-refractivity contribution in [2.75, 3.05) is 6.54 Å². The smallest absolute Gasteiger partial charge is 0.197 e. The van der Waals surface area contributed by atoms with E-state index in [0.29, 0.717) is 5.22 Å². The van der Waals surface area contributed by atoms with Gasteiger partial charge in [0.25, 0.3) is 0 Å². The van der Waals surface area contributed by atoms with E-state index in [1.807, 2.05) is 30.1 Å². The molecule has 4 nitrogen and oxygen atoms in total. The zero-order valence-corrected chi connectivity index (χ0v) is 11.4. The Balaban J connectivity index is 2.15. The summed E-state index contributed by atoms with van der Waals surface area (Å²) in [5.41, 5.74) is 0.994. The third-order valence-corrected chi connectivity index (χ3v) is 3.28. The van der Waals surface area contributed by atoms with Gasteiger partial charge in [-0.15, -0.1) is 0 Å². The fourth-order valence-electron chi connectivity index (χ4n) is 1.94. The Bertz CT molecular complexity index is 492. The molecule has 0 aliphatic rings. The second kappa shape index (κ2) is 6.07. The van der Waals surface area contributed by atoms with Crippen LogP contribution < -0.4 is 5.32 Å². The number of rotatable bonds is 6. The second-order valence-electron chi connectivity index (χ2n) is 4.31. The first-order chi connectivity index (χ1) is 8.72. The third-order valence-electron chi connectivity index (χ3n) is 2.97. The maximum Gasteiger partial charge on any atom is 0.197 e. The van der Waals surface area contributed by atoms with Crippen LogP contribution in [0, 0.1) is 0 Å². The fourth-order valence-corrected chi connectivity index (χ4v) is 2.19. The SMILES string of the molecule is CCCNC(Cc1nccn1C)c1ccoc1Cl. The molecule has 0 bridgehead atoms. The van der Waals surface area contributed by atoms with Crippen LogP contribution in [0.15, 0.2) is 29.1 Å². The summed E-state index contributed by atoms with van der Waals surface area (Å²) < 4.78 is 7.20. The minimum Gasteiger partial charge on any atom is -0.453 e. The summed E-state index contributed by atoms with van der Waals surface area (Å²) in [6, 6.07) is 2.05. The Morgan fingerprint density at radius 2 is 2.39 bits per heavy atom. The molecule has 5 heteroatoms. The van der Waals surface area contributed by atoms with Gasteiger partial charge in [0.1, 0.15) is 5.82 Å². The van der Waals surface area contributed by atoms with E-state index in [1.165, 1.54) is 0 Å². The van der Waals surface area contributed by atoms with E-state index in [2.05, 4.69) is 17.2 Å². The van der Waals surface area contributed by atoms with Crippen molar-refractivity contribution in [3.05, 3.63) is 41.3 Å². The minimum atomic E-state index is 0.136. The van der Waals surface area contributed by atoms with Crippen molar-refractivity contribution in [3.63, 3.8) is 0 Å². The zero-order chi connectivity index (χ0) is 13.0. The van der Waals surface area contributed by atoms with E-state index in [4.69, 9.17) is 16.0 Å². The molecule has 0 fully saturated rings. The van der Waals surface area contributed by atoms with Crippen molar-refractivity contribution in [3.8, 4) is 0 Å². The summed E-state index contributed by atoms with van der Waals surface area (Å²) in [4.78, 5) is 4.35. The van der Waals surface area contributed by atoms with Crippen molar-refractivity contribution in [2.45, 2.75) is 25.8 Å². The summed E-state index contributed by atoms with van der Waals surface area (Å²) in [5, 5.41) is 3.94. The molecule has 0 aliphatic heterocycles. The summed E-state index contributed by atoms with van der Waals surface area (Å²) >= 11 is 6.06. The van der Waals surface area contributed by atoms with E-state index >= 15 is 0 Å². The van der Waals surface area contributed by atoms with Crippen LogP contribution in [-0.4, -0.2) is 16.1 Å². The fraction of sp³-hybridized carbons (Fsp3) is 0.462. The van der Waals surface area contributed by atoms with Crippen LogP contribution in [0.2, 0.25) is 5.22 Å². The molecule has 0 saturated carbocycles. The molecular weight excluding hydrogens is 250 g/mol. The molecule has 0 spiro atoms. The first-order valence-electron chi connectivity index (χ1n) is 6.14. The van der Waals surface area contributed by atoms with Crippen LogP contribution in [0.4, 0.5) is 0 Å². The van der Waals surface area contributed by atoms with Crippen molar-refractivity contribution in [2.24, 2.45) is 7.05 Å². The summed E-state index contributed by atoms with van der Waals surface area (Å²) in [6.07, 6.45) is 7.25. The van der Waals surface area contributed by atoms with Gasteiger partial charge in [0.05, 0.1) is 6.26 Å². The summed E-state index contributed by atoms with van der Waals surface area (Å²) in [6.45, 7) is 3.08. The number of nitrogens with zero attached hydrogens (tertiary/aromatic N) is 2. The number of aromatic nitrogens is 2. The number of hydrogen-bond acceptors (Lipinski definition) is 3.